The van der Waals surface area contributed by atoms with Crippen LogP contribution in [0.25, 0.3) is 0 Å². The van der Waals surface area contributed by atoms with E-state index in [9.17, 15) is 0 Å². The molecule has 0 amide bonds. The molecule has 1 aliphatic rings. The van der Waals surface area contributed by atoms with E-state index in [4.69, 9.17) is 6.42 Å². The topological polar surface area (TPSA) is 15.6 Å². The lowest BCUT2D eigenvalue weighted by molar-refractivity contribution is 0.613. The maximum atomic E-state index is 5.07. The van der Waals surface area contributed by atoms with Crippen LogP contribution < -0.4 is 0 Å². The van der Waals surface area contributed by atoms with Gasteiger partial charge in [-0.05, 0) is 0 Å². The molecule has 0 saturated carbocycles. The minimum absolute atomic E-state index is 0.729. The van der Waals surface area contributed by atoms with Crippen molar-refractivity contribution >= 4 is 6.21 Å². The molecule has 0 aliphatic carbocycles. The summed E-state index contributed by atoms with van der Waals surface area (Å²) in [5.41, 5.74) is 0. The molecular formula is C6H6N2. The first-order chi connectivity index (χ1) is 3.93. The van der Waals surface area contributed by atoms with Gasteiger partial charge in [0.05, 0.1) is 6.54 Å². The second-order valence-corrected chi connectivity index (χ2v) is 1.41. The lowest BCUT2D eigenvalue weighted by Gasteiger charge is -2.09. The first kappa shape index (κ1) is 4.92. The molecule has 1 heterocycles. The molecule has 0 saturated heterocycles. The molecule has 0 aromatic heterocycles. The Kier molecular flexibility index (Phi) is 1.34. The van der Waals surface area contributed by atoms with Crippen molar-refractivity contribution in [1.29, 1.82) is 0 Å². The van der Waals surface area contributed by atoms with Gasteiger partial charge in [0.15, 0.2) is 0 Å². The highest BCUT2D eigenvalue weighted by Crippen LogP contribution is 1.89. The monoisotopic (exact) mass is 106 g/mol. The van der Waals surface area contributed by atoms with Crippen molar-refractivity contribution in [2.75, 3.05) is 6.54 Å². The van der Waals surface area contributed by atoms with Crippen molar-refractivity contribution in [2.24, 2.45) is 4.99 Å². The Morgan fingerprint density at radius 1 is 1.75 bits per heavy atom. The maximum absolute atomic E-state index is 5.07. The summed E-state index contributed by atoms with van der Waals surface area (Å²) in [7, 11) is 0. The fourth-order valence-corrected chi connectivity index (χ4v) is 0.472. The van der Waals surface area contributed by atoms with Crippen LogP contribution in [0.3, 0.4) is 0 Å². The van der Waals surface area contributed by atoms with Crippen molar-refractivity contribution in [3.05, 3.63) is 12.4 Å². The molecule has 1 aliphatic heterocycles. The predicted molar refractivity (Wildman–Crippen MR) is 33.2 cm³/mol. The van der Waals surface area contributed by atoms with Gasteiger partial charge in [-0.25, -0.2) is 0 Å². The Bertz CT molecular complexity index is 162. The third-order valence-corrected chi connectivity index (χ3v) is 0.882. The number of nitrogens with zero attached hydrogens (tertiary/aromatic N) is 2. The number of hydrogen-bond donors (Lipinski definition) is 0. The standard InChI is InChI=1S/C6H6N2/c1-2-8-5-3-7-4-6-8/h1,3-5H,6H2. The van der Waals surface area contributed by atoms with Gasteiger partial charge in [0, 0.05) is 24.7 Å². The van der Waals surface area contributed by atoms with Crippen LogP contribution in [-0.4, -0.2) is 17.7 Å². The van der Waals surface area contributed by atoms with E-state index in [1.54, 1.807) is 23.5 Å². The van der Waals surface area contributed by atoms with Crippen molar-refractivity contribution in [2.45, 2.75) is 0 Å². The Labute approximate surface area is 48.5 Å². The average Bonchev–Trinajstić information content (AvgIpc) is 1.90. The van der Waals surface area contributed by atoms with Gasteiger partial charge in [0.1, 0.15) is 0 Å². The van der Waals surface area contributed by atoms with E-state index in [0.717, 1.165) is 6.54 Å². The summed E-state index contributed by atoms with van der Waals surface area (Å²) < 4.78 is 0. The molecule has 0 aromatic carbocycles. The van der Waals surface area contributed by atoms with Crippen LogP contribution in [0.2, 0.25) is 0 Å². The third kappa shape index (κ3) is 0.881. The molecule has 0 N–H and O–H groups in total. The molecule has 0 radical (unpaired) electrons. The average molecular weight is 106 g/mol. The van der Waals surface area contributed by atoms with Gasteiger partial charge in [0.25, 0.3) is 0 Å². The van der Waals surface area contributed by atoms with Crippen LogP contribution in [0.15, 0.2) is 17.4 Å². The number of rotatable bonds is 0. The lowest BCUT2D eigenvalue weighted by atomic mass is 10.5. The zero-order valence-electron chi connectivity index (χ0n) is 4.41. The molecule has 8 heavy (non-hydrogen) atoms. The van der Waals surface area contributed by atoms with E-state index < -0.39 is 0 Å². The summed E-state index contributed by atoms with van der Waals surface area (Å²) in [6, 6.07) is 2.46. The second-order valence-electron chi connectivity index (χ2n) is 1.41. The van der Waals surface area contributed by atoms with Crippen molar-refractivity contribution in [3.8, 4) is 12.5 Å². The molecule has 0 aromatic rings. The zero-order valence-corrected chi connectivity index (χ0v) is 4.41. The quantitative estimate of drug-likeness (QED) is 0.409. The first-order valence-corrected chi connectivity index (χ1v) is 2.34. The minimum Gasteiger partial charge on any atom is -0.302 e. The molecular weight excluding hydrogens is 100 g/mol. The molecule has 2 nitrogen and oxygen atoms in total. The van der Waals surface area contributed by atoms with Crippen LogP contribution in [-0.2, 0) is 0 Å². The third-order valence-electron chi connectivity index (χ3n) is 0.882. The molecule has 0 fully saturated rings. The van der Waals surface area contributed by atoms with Gasteiger partial charge < -0.3 is 4.90 Å². The van der Waals surface area contributed by atoms with Crippen molar-refractivity contribution < 1.29 is 0 Å². The van der Waals surface area contributed by atoms with E-state index >= 15 is 0 Å². The Hall–Kier alpha value is -1.23. The summed E-state index contributed by atoms with van der Waals surface area (Å²) in [6.45, 7) is 0.729. The van der Waals surface area contributed by atoms with Crippen molar-refractivity contribution in [1.82, 2.24) is 4.90 Å². The normalized spacial score (nSPS) is 16.1. The van der Waals surface area contributed by atoms with Crippen molar-refractivity contribution in [3.63, 3.8) is 0 Å². The van der Waals surface area contributed by atoms with Gasteiger partial charge in [0.2, 0.25) is 0 Å². The molecule has 40 valence electrons. The van der Waals surface area contributed by atoms with Crippen LogP contribution in [0.5, 0.6) is 0 Å². The Morgan fingerprint density at radius 2 is 2.62 bits per heavy atom. The second kappa shape index (κ2) is 2.17. The van der Waals surface area contributed by atoms with Crippen LogP contribution in [0.4, 0.5) is 0 Å². The summed E-state index contributed by atoms with van der Waals surface area (Å²) in [5.74, 6) is 0. The van der Waals surface area contributed by atoms with E-state index in [0.29, 0.717) is 0 Å². The van der Waals surface area contributed by atoms with E-state index in [1.165, 1.54) is 0 Å². The van der Waals surface area contributed by atoms with Gasteiger partial charge in [-0.15, -0.1) is 0 Å². The van der Waals surface area contributed by atoms with Crippen LogP contribution in [0, 0.1) is 12.5 Å². The van der Waals surface area contributed by atoms with E-state index in [-0.39, 0.29) is 0 Å². The minimum atomic E-state index is 0.729. The maximum Gasteiger partial charge on any atom is 0.0662 e. The number of hydrogen-bond acceptors (Lipinski definition) is 2. The molecule has 0 unspecified atom stereocenters. The largest absolute Gasteiger partial charge is 0.302 e. The number of aliphatic imine (C=N–C) groups is 1. The molecule has 0 spiro atoms. The Morgan fingerprint density at radius 3 is 3.00 bits per heavy atom. The summed E-state index contributed by atoms with van der Waals surface area (Å²) in [5, 5.41) is 0. The lowest BCUT2D eigenvalue weighted by Crippen LogP contribution is -2.14. The Balaban J connectivity index is 2.55. The van der Waals surface area contributed by atoms with Crippen LogP contribution >= 0.6 is 0 Å². The highest BCUT2D eigenvalue weighted by atomic mass is 15.1. The predicted octanol–water partition coefficient (Wildman–Crippen LogP) is 0.435. The number of terminal acetylenes is 1. The van der Waals surface area contributed by atoms with E-state index in [1.807, 2.05) is 0 Å². The summed E-state index contributed by atoms with van der Waals surface area (Å²) in [4.78, 5) is 5.55. The van der Waals surface area contributed by atoms with Gasteiger partial charge in [-0.2, -0.15) is 0 Å². The fourth-order valence-electron chi connectivity index (χ4n) is 0.472. The smallest absolute Gasteiger partial charge is 0.0662 e. The molecule has 1 rings (SSSR count). The summed E-state index contributed by atoms with van der Waals surface area (Å²) in [6.07, 6.45) is 10.3. The molecule has 0 atom stereocenters. The fraction of sp³-hybridized carbons (Fsp3) is 0.167. The van der Waals surface area contributed by atoms with Gasteiger partial charge in [-0.3, -0.25) is 4.99 Å². The molecule has 2 heteroatoms. The SMILES string of the molecule is C#CN1C=CN=CC1. The molecule has 0 bridgehead atoms. The van der Waals surface area contributed by atoms with E-state index in [2.05, 4.69) is 11.0 Å². The van der Waals surface area contributed by atoms with Gasteiger partial charge in [-0.1, -0.05) is 6.42 Å². The highest BCUT2D eigenvalue weighted by molar-refractivity contribution is 5.62. The highest BCUT2D eigenvalue weighted by Gasteiger charge is 1.91. The first-order valence-electron chi connectivity index (χ1n) is 2.34. The van der Waals surface area contributed by atoms with Crippen LogP contribution in [0.1, 0.15) is 0 Å². The zero-order chi connectivity index (χ0) is 5.82. The van der Waals surface area contributed by atoms with Gasteiger partial charge >= 0.3 is 0 Å². The summed E-state index contributed by atoms with van der Waals surface area (Å²) >= 11 is 0.